The number of nitrogens with one attached hydrogen (secondary N) is 1. The molecule has 1 rings (SSSR count). The van der Waals surface area contributed by atoms with Crippen molar-refractivity contribution in [2.24, 2.45) is 0 Å². The largest absolute Gasteiger partial charge is 0.595 e. The van der Waals surface area contributed by atoms with E-state index in [1.807, 2.05) is 0 Å². The predicted molar refractivity (Wildman–Crippen MR) is 42.4 cm³/mol. The molecular formula is C7H6ClNO3. The Morgan fingerprint density at radius 3 is 2.75 bits per heavy atom. The lowest BCUT2D eigenvalue weighted by Gasteiger charge is -2.11. The molecule has 0 saturated heterocycles. The fourth-order valence-electron chi connectivity index (χ4n) is 0.774. The average Bonchev–Trinajstić information content (AvgIpc) is 2.04. The Balaban J connectivity index is 3.04. The van der Waals surface area contributed by atoms with Crippen molar-refractivity contribution >= 4 is 22.5 Å². The molecule has 4 nitrogen and oxygen atoms in total. The summed E-state index contributed by atoms with van der Waals surface area (Å²) in [5.74, 6) is 0. The van der Waals surface area contributed by atoms with E-state index < -0.39 is 10.5 Å². The summed E-state index contributed by atoms with van der Waals surface area (Å²) in [6.45, 7) is 0. The molecule has 0 aliphatic rings. The third-order valence-electron chi connectivity index (χ3n) is 1.34. The lowest BCUT2D eigenvalue weighted by atomic mass is 10.2. The van der Waals surface area contributed by atoms with E-state index in [4.69, 9.17) is 16.8 Å². The van der Waals surface area contributed by atoms with E-state index in [0.717, 1.165) is 0 Å². The zero-order valence-electron chi connectivity index (χ0n) is 5.95. The number of quaternary nitrogens is 1. The zero-order chi connectivity index (χ0) is 9.14. The molecule has 5 heteroatoms. The minimum absolute atomic E-state index is 0.0569. The van der Waals surface area contributed by atoms with Gasteiger partial charge in [-0.2, -0.15) is 5.23 Å². The predicted octanol–water partition coefficient (Wildman–Crippen LogP) is 0.469. The van der Waals surface area contributed by atoms with Crippen LogP contribution in [0, 0.1) is 5.21 Å². The fourth-order valence-corrected chi connectivity index (χ4v) is 0.892. The van der Waals surface area contributed by atoms with Gasteiger partial charge in [0.2, 0.25) is 0 Å². The van der Waals surface area contributed by atoms with E-state index in [0.29, 0.717) is 0 Å². The molecule has 1 unspecified atom stereocenters. The summed E-state index contributed by atoms with van der Waals surface area (Å²) in [5, 5.41) is 17.2. The van der Waals surface area contributed by atoms with Crippen molar-refractivity contribution in [1.29, 1.82) is 0 Å². The van der Waals surface area contributed by atoms with Gasteiger partial charge < -0.3 is 5.21 Å². The molecule has 64 valence electrons. The van der Waals surface area contributed by atoms with Crippen molar-refractivity contribution in [2.75, 3.05) is 0 Å². The van der Waals surface area contributed by atoms with E-state index >= 15 is 0 Å². The number of hydrogen-bond donors (Lipinski definition) is 2. The van der Waals surface area contributed by atoms with Crippen LogP contribution in [0.25, 0.3) is 0 Å². The quantitative estimate of drug-likeness (QED) is 0.523. The minimum Gasteiger partial charge on any atom is -0.595 e. The van der Waals surface area contributed by atoms with Crippen LogP contribution in [0.5, 0.6) is 0 Å². The third kappa shape index (κ3) is 2.02. The minimum atomic E-state index is -1.07. The van der Waals surface area contributed by atoms with Crippen molar-refractivity contribution in [3.8, 4) is 0 Å². The Bertz CT molecular complexity index is 300. The summed E-state index contributed by atoms with van der Waals surface area (Å²) >= 11 is 5.15. The van der Waals surface area contributed by atoms with Gasteiger partial charge in [0, 0.05) is 17.7 Å². The van der Waals surface area contributed by atoms with Crippen molar-refractivity contribution in [2.45, 2.75) is 0 Å². The van der Waals surface area contributed by atoms with E-state index in [1.54, 1.807) is 0 Å². The number of hydrogen-bond acceptors (Lipinski definition) is 3. The number of carbonyl (C=O) groups excluding carboxylic acids is 1. The van der Waals surface area contributed by atoms with Gasteiger partial charge in [0.1, 0.15) is 0 Å². The maximum atomic E-state index is 10.6. The summed E-state index contributed by atoms with van der Waals surface area (Å²) in [5.41, 5.74) is 0.248. The molecule has 0 aliphatic heterocycles. The second-order valence-corrected chi connectivity index (χ2v) is 2.50. The Hall–Kier alpha value is -0.940. The van der Waals surface area contributed by atoms with Gasteiger partial charge in [-0.1, -0.05) is 6.07 Å². The topological polar surface area (TPSA) is 64.8 Å². The molecular weight excluding hydrogens is 182 g/mol. The Morgan fingerprint density at radius 1 is 1.58 bits per heavy atom. The van der Waals surface area contributed by atoms with Crippen molar-refractivity contribution < 1.29 is 15.2 Å². The van der Waals surface area contributed by atoms with Gasteiger partial charge in [-0.25, -0.2) is 5.21 Å². The van der Waals surface area contributed by atoms with Gasteiger partial charge in [-0.05, 0) is 17.7 Å². The van der Waals surface area contributed by atoms with E-state index in [1.165, 1.54) is 24.3 Å². The molecule has 0 heterocycles. The van der Waals surface area contributed by atoms with Gasteiger partial charge in [0.05, 0.1) is 0 Å². The fraction of sp³-hybridized carbons (Fsp3) is 0. The van der Waals surface area contributed by atoms with Crippen LogP contribution in [0.15, 0.2) is 24.3 Å². The molecule has 1 aromatic rings. The van der Waals surface area contributed by atoms with Crippen LogP contribution in [0.4, 0.5) is 5.69 Å². The number of benzene rings is 1. The molecule has 1 atom stereocenters. The highest BCUT2D eigenvalue weighted by atomic mass is 35.5. The number of rotatable bonds is 2. The molecule has 0 bridgehead atoms. The molecule has 0 spiro atoms. The second kappa shape index (κ2) is 3.64. The third-order valence-corrected chi connectivity index (χ3v) is 1.55. The molecule has 0 saturated carbocycles. The number of carbonyl (C=O) groups is 1. The van der Waals surface area contributed by atoms with E-state index in [-0.39, 0.29) is 11.3 Å². The first kappa shape index (κ1) is 9.15. The monoisotopic (exact) mass is 187 g/mol. The highest BCUT2D eigenvalue weighted by Crippen LogP contribution is 2.08. The van der Waals surface area contributed by atoms with Crippen LogP contribution in [-0.4, -0.2) is 10.4 Å². The SMILES string of the molecule is O=C(Cl)c1cccc([NH+]([O-])O)c1. The molecule has 0 amide bonds. The van der Waals surface area contributed by atoms with Crippen molar-refractivity contribution in [3.05, 3.63) is 35.0 Å². The molecule has 1 aromatic carbocycles. The summed E-state index contributed by atoms with van der Waals surface area (Å²) in [4.78, 5) is 10.6. The first-order chi connectivity index (χ1) is 5.61. The summed E-state index contributed by atoms with van der Waals surface area (Å²) in [7, 11) is 0. The van der Waals surface area contributed by atoms with E-state index in [9.17, 15) is 10.0 Å². The van der Waals surface area contributed by atoms with Crippen LogP contribution in [0.3, 0.4) is 0 Å². The Morgan fingerprint density at radius 2 is 2.25 bits per heavy atom. The summed E-state index contributed by atoms with van der Waals surface area (Å²) < 4.78 is 0. The van der Waals surface area contributed by atoms with Crippen LogP contribution < -0.4 is 5.23 Å². The molecule has 0 aromatic heterocycles. The maximum absolute atomic E-state index is 10.6. The lowest BCUT2D eigenvalue weighted by molar-refractivity contribution is -0.991. The lowest BCUT2D eigenvalue weighted by Crippen LogP contribution is -2.99. The number of halogens is 1. The van der Waals surface area contributed by atoms with Crippen molar-refractivity contribution in [1.82, 2.24) is 0 Å². The normalized spacial score (nSPS) is 12.6. The first-order valence-electron chi connectivity index (χ1n) is 3.14. The van der Waals surface area contributed by atoms with Gasteiger partial charge in [-0.3, -0.25) is 4.79 Å². The van der Waals surface area contributed by atoms with Crippen LogP contribution >= 0.6 is 11.6 Å². The maximum Gasteiger partial charge on any atom is 0.252 e. The van der Waals surface area contributed by atoms with E-state index in [2.05, 4.69) is 0 Å². The molecule has 0 radical (unpaired) electrons. The molecule has 2 N–H and O–H groups in total. The van der Waals surface area contributed by atoms with Gasteiger partial charge in [0.25, 0.3) is 5.24 Å². The Kier molecular flexibility index (Phi) is 2.78. The van der Waals surface area contributed by atoms with Gasteiger partial charge >= 0.3 is 0 Å². The average molecular weight is 188 g/mol. The van der Waals surface area contributed by atoms with Gasteiger partial charge in [0.15, 0.2) is 5.69 Å². The Labute approximate surface area is 73.5 Å². The smallest absolute Gasteiger partial charge is 0.252 e. The van der Waals surface area contributed by atoms with Crippen LogP contribution in [0.2, 0.25) is 0 Å². The molecule has 0 fully saturated rings. The molecule has 12 heavy (non-hydrogen) atoms. The second-order valence-electron chi connectivity index (χ2n) is 2.16. The van der Waals surface area contributed by atoms with Crippen LogP contribution in [-0.2, 0) is 0 Å². The summed E-state index contributed by atoms with van der Waals surface area (Å²) in [6, 6.07) is 5.56. The summed E-state index contributed by atoms with van der Waals surface area (Å²) in [6.07, 6.45) is 0. The molecule has 0 aliphatic carbocycles. The highest BCUT2D eigenvalue weighted by Gasteiger charge is 2.05. The van der Waals surface area contributed by atoms with Gasteiger partial charge in [-0.15, -0.1) is 0 Å². The highest BCUT2D eigenvalue weighted by molar-refractivity contribution is 6.67. The zero-order valence-corrected chi connectivity index (χ0v) is 6.71. The first-order valence-corrected chi connectivity index (χ1v) is 3.52. The van der Waals surface area contributed by atoms with Crippen LogP contribution in [0.1, 0.15) is 10.4 Å². The van der Waals surface area contributed by atoms with Crippen molar-refractivity contribution in [3.63, 3.8) is 0 Å². The standard InChI is InChI=1S/C7H6ClNO3/c8-7(10)5-2-1-3-6(4-5)9(11)12/h1-4,9,11H.